The maximum atomic E-state index is 9.36. The van der Waals surface area contributed by atoms with Gasteiger partial charge in [0.05, 0.1) is 18.6 Å². The molecule has 1 aliphatic rings. The van der Waals surface area contributed by atoms with Crippen LogP contribution in [0, 0.1) is 0 Å². The van der Waals surface area contributed by atoms with Crippen molar-refractivity contribution < 1.29 is 9.84 Å². The number of aliphatic hydroxyl groups excluding tert-OH is 1. The van der Waals surface area contributed by atoms with Crippen molar-refractivity contribution in [2.45, 2.75) is 25.4 Å². The van der Waals surface area contributed by atoms with Crippen LogP contribution in [0.3, 0.4) is 0 Å². The van der Waals surface area contributed by atoms with E-state index in [1.807, 2.05) is 6.07 Å². The average Bonchev–Trinajstić information content (AvgIpc) is 2.31. The van der Waals surface area contributed by atoms with Crippen molar-refractivity contribution in [3.05, 3.63) is 61.1 Å². The number of aryl methyl sites for hydroxylation is 1. The summed E-state index contributed by atoms with van der Waals surface area (Å²) >= 11 is 0. The third-order valence-corrected chi connectivity index (χ3v) is 2.51. The van der Waals surface area contributed by atoms with Gasteiger partial charge in [0.25, 0.3) is 0 Å². The molecule has 2 rings (SSSR count). The molecule has 0 spiro atoms. The van der Waals surface area contributed by atoms with E-state index in [1.54, 1.807) is 0 Å². The van der Waals surface area contributed by atoms with Gasteiger partial charge in [0.2, 0.25) is 0 Å². The predicted octanol–water partition coefficient (Wildman–Crippen LogP) is 2.83. The molecule has 0 bridgehead atoms. The summed E-state index contributed by atoms with van der Waals surface area (Å²) in [6.45, 7) is 6.51. The summed E-state index contributed by atoms with van der Waals surface area (Å²) in [5.41, 5.74) is 2.74. The van der Waals surface area contributed by atoms with Crippen LogP contribution >= 0.6 is 0 Å². The van der Waals surface area contributed by atoms with Crippen LogP contribution in [0.4, 0.5) is 0 Å². The Labute approximate surface area is 96.9 Å². The lowest BCUT2D eigenvalue weighted by molar-refractivity contribution is 0.158. The van der Waals surface area contributed by atoms with Crippen LogP contribution in [-0.4, -0.2) is 11.2 Å². The SMILES string of the molecule is C=COC=C.OC1CCc2ccccc2C1. The number of rotatable bonds is 2. The number of fused-ring (bicyclic) bond motifs is 1. The zero-order chi connectivity index (χ0) is 11.8. The summed E-state index contributed by atoms with van der Waals surface area (Å²) in [5, 5.41) is 9.36. The standard InChI is InChI=1S/C10H12O.C4H6O/c11-10-6-5-8-3-1-2-4-9(8)7-10;1-3-5-4-2/h1-4,10-11H,5-7H2;3-4H,1-2H2. The second-order valence-corrected chi connectivity index (χ2v) is 3.63. The average molecular weight is 218 g/mol. The first-order valence-corrected chi connectivity index (χ1v) is 5.40. The summed E-state index contributed by atoms with van der Waals surface area (Å²) in [6, 6.07) is 8.37. The summed E-state index contributed by atoms with van der Waals surface area (Å²) < 4.78 is 4.36. The molecule has 0 amide bonds. The lowest BCUT2D eigenvalue weighted by atomic mass is 9.90. The van der Waals surface area contributed by atoms with Gasteiger partial charge in [0, 0.05) is 0 Å². The molecule has 1 aromatic carbocycles. The Kier molecular flexibility index (Phi) is 5.37. The Bertz CT molecular complexity index is 338. The van der Waals surface area contributed by atoms with Crippen LogP contribution in [0.5, 0.6) is 0 Å². The Morgan fingerprint density at radius 2 is 1.81 bits per heavy atom. The van der Waals surface area contributed by atoms with Gasteiger partial charge < -0.3 is 9.84 Å². The molecule has 0 heterocycles. The monoisotopic (exact) mass is 218 g/mol. The zero-order valence-electron chi connectivity index (χ0n) is 9.43. The van der Waals surface area contributed by atoms with Crippen LogP contribution in [0.2, 0.25) is 0 Å². The van der Waals surface area contributed by atoms with E-state index in [-0.39, 0.29) is 6.10 Å². The maximum absolute atomic E-state index is 9.36. The molecule has 0 aromatic heterocycles. The minimum absolute atomic E-state index is 0.107. The van der Waals surface area contributed by atoms with E-state index in [9.17, 15) is 5.11 Å². The molecule has 1 atom stereocenters. The van der Waals surface area contributed by atoms with Crippen LogP contribution in [0.25, 0.3) is 0 Å². The molecule has 1 aromatic rings. The fraction of sp³-hybridized carbons (Fsp3) is 0.286. The van der Waals surface area contributed by atoms with Crippen molar-refractivity contribution in [2.75, 3.05) is 0 Å². The van der Waals surface area contributed by atoms with E-state index in [0.717, 1.165) is 19.3 Å². The molecular formula is C14H18O2. The Balaban J connectivity index is 0.000000221. The highest BCUT2D eigenvalue weighted by atomic mass is 16.5. The molecule has 1 aliphatic carbocycles. The Morgan fingerprint density at radius 1 is 1.19 bits per heavy atom. The van der Waals surface area contributed by atoms with Crippen molar-refractivity contribution in [1.82, 2.24) is 0 Å². The number of aliphatic hydroxyl groups is 1. The zero-order valence-corrected chi connectivity index (χ0v) is 9.43. The van der Waals surface area contributed by atoms with Crippen LogP contribution < -0.4 is 0 Å². The molecule has 86 valence electrons. The minimum atomic E-state index is -0.107. The molecule has 16 heavy (non-hydrogen) atoms. The van der Waals surface area contributed by atoms with Gasteiger partial charge >= 0.3 is 0 Å². The number of ether oxygens (including phenoxy) is 1. The number of hydrogen-bond donors (Lipinski definition) is 1. The molecule has 0 saturated carbocycles. The van der Waals surface area contributed by atoms with Crippen molar-refractivity contribution in [3.8, 4) is 0 Å². The second kappa shape index (κ2) is 6.85. The van der Waals surface area contributed by atoms with E-state index in [0.29, 0.717) is 0 Å². The van der Waals surface area contributed by atoms with Crippen LogP contribution in [0.15, 0.2) is 49.9 Å². The van der Waals surface area contributed by atoms with Gasteiger partial charge in [-0.15, -0.1) is 0 Å². The minimum Gasteiger partial charge on any atom is -0.474 e. The van der Waals surface area contributed by atoms with E-state index >= 15 is 0 Å². The summed E-state index contributed by atoms with van der Waals surface area (Å²) in [6.07, 6.45) is 5.33. The molecule has 1 N–H and O–H groups in total. The van der Waals surface area contributed by atoms with Crippen LogP contribution in [-0.2, 0) is 17.6 Å². The first kappa shape index (κ1) is 12.5. The van der Waals surface area contributed by atoms with Crippen LogP contribution in [0.1, 0.15) is 17.5 Å². The predicted molar refractivity (Wildman–Crippen MR) is 66.0 cm³/mol. The maximum Gasteiger partial charge on any atom is 0.0829 e. The molecule has 0 radical (unpaired) electrons. The first-order valence-electron chi connectivity index (χ1n) is 5.40. The molecule has 0 saturated heterocycles. The fourth-order valence-corrected chi connectivity index (χ4v) is 1.75. The first-order chi connectivity index (χ1) is 7.77. The smallest absolute Gasteiger partial charge is 0.0829 e. The second-order valence-electron chi connectivity index (χ2n) is 3.63. The van der Waals surface area contributed by atoms with E-state index in [4.69, 9.17) is 0 Å². The van der Waals surface area contributed by atoms with Gasteiger partial charge in [0.1, 0.15) is 0 Å². The lowest BCUT2D eigenvalue weighted by Gasteiger charge is -2.19. The highest BCUT2D eigenvalue weighted by Crippen LogP contribution is 2.20. The highest BCUT2D eigenvalue weighted by molar-refractivity contribution is 5.29. The van der Waals surface area contributed by atoms with E-state index in [2.05, 4.69) is 36.1 Å². The molecular weight excluding hydrogens is 200 g/mol. The largest absolute Gasteiger partial charge is 0.474 e. The van der Waals surface area contributed by atoms with Gasteiger partial charge in [-0.25, -0.2) is 0 Å². The van der Waals surface area contributed by atoms with Gasteiger partial charge in [-0.2, -0.15) is 0 Å². The lowest BCUT2D eigenvalue weighted by Crippen LogP contribution is -2.18. The third-order valence-electron chi connectivity index (χ3n) is 2.51. The van der Waals surface area contributed by atoms with Crippen molar-refractivity contribution in [3.63, 3.8) is 0 Å². The van der Waals surface area contributed by atoms with Gasteiger partial charge in [-0.05, 0) is 30.4 Å². The van der Waals surface area contributed by atoms with Gasteiger partial charge in [-0.3, -0.25) is 0 Å². The van der Waals surface area contributed by atoms with Gasteiger partial charge in [0.15, 0.2) is 0 Å². The molecule has 2 nitrogen and oxygen atoms in total. The topological polar surface area (TPSA) is 29.5 Å². The summed E-state index contributed by atoms with van der Waals surface area (Å²) in [7, 11) is 0. The molecule has 1 unspecified atom stereocenters. The van der Waals surface area contributed by atoms with Gasteiger partial charge in [-0.1, -0.05) is 37.4 Å². The molecule has 0 aliphatic heterocycles. The van der Waals surface area contributed by atoms with Crippen molar-refractivity contribution in [2.24, 2.45) is 0 Å². The highest BCUT2D eigenvalue weighted by Gasteiger charge is 2.14. The quantitative estimate of drug-likeness (QED) is 0.773. The molecule has 2 heteroatoms. The van der Waals surface area contributed by atoms with Crippen molar-refractivity contribution in [1.29, 1.82) is 0 Å². The Hall–Kier alpha value is -1.54. The number of benzene rings is 1. The normalized spacial score (nSPS) is 17.4. The molecule has 0 fully saturated rings. The van der Waals surface area contributed by atoms with Crippen molar-refractivity contribution >= 4 is 0 Å². The van der Waals surface area contributed by atoms with E-state index in [1.165, 1.54) is 23.7 Å². The summed E-state index contributed by atoms with van der Waals surface area (Å²) in [4.78, 5) is 0. The third kappa shape index (κ3) is 3.91. The van der Waals surface area contributed by atoms with E-state index < -0.39 is 0 Å². The fourth-order valence-electron chi connectivity index (χ4n) is 1.75. The number of hydrogen-bond acceptors (Lipinski definition) is 2. The summed E-state index contributed by atoms with van der Waals surface area (Å²) in [5.74, 6) is 0. The Morgan fingerprint density at radius 3 is 2.38 bits per heavy atom.